The molecule has 1 aliphatic heterocycles. The van der Waals surface area contributed by atoms with E-state index in [0.717, 1.165) is 27.8 Å². The van der Waals surface area contributed by atoms with Crippen LogP contribution in [0.5, 0.6) is 0 Å². The zero-order valence-corrected chi connectivity index (χ0v) is 20.2. The molecule has 1 unspecified atom stereocenters. The van der Waals surface area contributed by atoms with Gasteiger partial charge in [-0.3, -0.25) is 24.1 Å². The summed E-state index contributed by atoms with van der Waals surface area (Å²) in [5.74, 6) is -0.954. The molecule has 2 N–H and O–H groups in total. The molecule has 0 spiro atoms. The highest BCUT2D eigenvalue weighted by Gasteiger charge is 2.34. The third-order valence-corrected chi connectivity index (χ3v) is 6.47. The molecule has 1 fully saturated rings. The fourth-order valence-corrected chi connectivity index (χ4v) is 4.59. The predicted molar refractivity (Wildman–Crippen MR) is 140 cm³/mol. The molecule has 182 valence electrons. The normalized spacial score (nSPS) is 15.1. The molecule has 0 radical (unpaired) electrons. The summed E-state index contributed by atoms with van der Waals surface area (Å²) in [6.07, 6.45) is 1.70. The van der Waals surface area contributed by atoms with Crippen molar-refractivity contribution in [2.24, 2.45) is 0 Å². The lowest BCUT2D eigenvalue weighted by Crippen LogP contribution is -2.39. The van der Waals surface area contributed by atoms with E-state index in [1.165, 1.54) is 0 Å². The summed E-state index contributed by atoms with van der Waals surface area (Å²) in [5, 5.41) is 5.32. The molecule has 0 aliphatic carbocycles. The molecule has 1 atom stereocenters. The highest BCUT2D eigenvalue weighted by molar-refractivity contribution is 8.18. The highest BCUT2D eigenvalue weighted by atomic mass is 32.2. The second-order valence-electron chi connectivity index (χ2n) is 8.10. The molecule has 3 aromatic rings. The first kappa shape index (κ1) is 24.9. The summed E-state index contributed by atoms with van der Waals surface area (Å²) >= 11 is 0.886. The molecule has 1 heterocycles. The Morgan fingerprint density at radius 3 is 2.14 bits per heavy atom. The molecule has 7 nitrogen and oxygen atoms in total. The number of carbonyl (C=O) groups excluding carboxylic acids is 4. The molecule has 0 saturated carbocycles. The van der Waals surface area contributed by atoms with Gasteiger partial charge in [-0.15, -0.1) is 0 Å². The van der Waals surface area contributed by atoms with Crippen molar-refractivity contribution in [1.29, 1.82) is 0 Å². The van der Waals surface area contributed by atoms with Gasteiger partial charge in [0.1, 0.15) is 0 Å². The van der Waals surface area contributed by atoms with Crippen LogP contribution in [0, 0.1) is 0 Å². The smallest absolute Gasteiger partial charge is 0.293 e. The number of thioether (sulfide) groups is 1. The molecule has 1 aliphatic rings. The van der Waals surface area contributed by atoms with E-state index in [1.54, 1.807) is 30.3 Å². The first-order chi connectivity index (χ1) is 17.5. The summed E-state index contributed by atoms with van der Waals surface area (Å²) in [7, 11) is 0. The first-order valence-corrected chi connectivity index (χ1v) is 12.3. The minimum absolute atomic E-state index is 0.0123. The van der Waals surface area contributed by atoms with Gasteiger partial charge in [0.15, 0.2) is 0 Å². The fraction of sp³-hybridized carbons (Fsp3) is 0.143. The number of nitrogens with zero attached hydrogens (tertiary/aromatic N) is 1. The maximum Gasteiger partial charge on any atom is 0.293 e. The summed E-state index contributed by atoms with van der Waals surface area (Å²) in [4.78, 5) is 51.9. The standard InChI is InChI=1S/C28H25N3O4S/c32-25(19-23(21-12-6-2-7-13-21)30-26(33)22-14-8-3-9-15-22)29-16-17-31-27(34)24(36-28(31)35)18-20-10-4-1-5-11-20/h1-15,18,23H,16-17,19H2,(H,29,32)(H,30,33). The van der Waals surface area contributed by atoms with Crippen LogP contribution in [0.1, 0.15) is 33.9 Å². The third kappa shape index (κ3) is 6.49. The van der Waals surface area contributed by atoms with E-state index in [0.29, 0.717) is 10.5 Å². The molecule has 0 aromatic heterocycles. The number of nitrogens with one attached hydrogen (secondary N) is 2. The maximum atomic E-state index is 12.7. The SMILES string of the molecule is O=C(CC(NC(=O)c1ccccc1)c1ccccc1)NCCN1C(=O)SC(=Cc2ccccc2)C1=O. The highest BCUT2D eigenvalue weighted by Crippen LogP contribution is 2.31. The molecule has 1 saturated heterocycles. The van der Waals surface area contributed by atoms with E-state index in [-0.39, 0.29) is 42.5 Å². The van der Waals surface area contributed by atoms with Crippen molar-refractivity contribution in [1.82, 2.24) is 15.5 Å². The van der Waals surface area contributed by atoms with Crippen LogP contribution in [0.2, 0.25) is 0 Å². The molecule has 3 aromatic carbocycles. The van der Waals surface area contributed by atoms with Gasteiger partial charge < -0.3 is 10.6 Å². The van der Waals surface area contributed by atoms with E-state index in [1.807, 2.05) is 66.7 Å². The van der Waals surface area contributed by atoms with Crippen LogP contribution in [0.25, 0.3) is 6.08 Å². The van der Waals surface area contributed by atoms with E-state index in [2.05, 4.69) is 10.6 Å². The van der Waals surface area contributed by atoms with Crippen LogP contribution < -0.4 is 10.6 Å². The monoisotopic (exact) mass is 499 g/mol. The summed E-state index contributed by atoms with van der Waals surface area (Å²) in [6, 6.07) is 26.8. The van der Waals surface area contributed by atoms with Gasteiger partial charge in [-0.25, -0.2) is 0 Å². The van der Waals surface area contributed by atoms with Gasteiger partial charge in [0, 0.05) is 18.7 Å². The predicted octanol–water partition coefficient (Wildman–Crippen LogP) is 4.40. The molecule has 0 bridgehead atoms. The van der Waals surface area contributed by atoms with Gasteiger partial charge in [-0.1, -0.05) is 78.9 Å². The number of hydrogen-bond acceptors (Lipinski definition) is 5. The van der Waals surface area contributed by atoms with Crippen LogP contribution in [0.3, 0.4) is 0 Å². The van der Waals surface area contributed by atoms with E-state index in [4.69, 9.17) is 0 Å². The van der Waals surface area contributed by atoms with Gasteiger partial charge in [0.05, 0.1) is 17.4 Å². The van der Waals surface area contributed by atoms with Crippen molar-refractivity contribution in [2.45, 2.75) is 12.5 Å². The van der Waals surface area contributed by atoms with Gasteiger partial charge in [0.25, 0.3) is 17.1 Å². The second-order valence-corrected chi connectivity index (χ2v) is 9.09. The van der Waals surface area contributed by atoms with Crippen molar-refractivity contribution in [3.8, 4) is 0 Å². The number of benzene rings is 3. The quantitative estimate of drug-likeness (QED) is 0.426. The third-order valence-electron chi connectivity index (χ3n) is 5.56. The van der Waals surface area contributed by atoms with Gasteiger partial charge in [0.2, 0.25) is 5.91 Å². The minimum Gasteiger partial charge on any atom is -0.354 e. The van der Waals surface area contributed by atoms with Crippen molar-refractivity contribution in [2.75, 3.05) is 13.1 Å². The van der Waals surface area contributed by atoms with Crippen LogP contribution in [-0.2, 0) is 9.59 Å². The van der Waals surface area contributed by atoms with Crippen LogP contribution in [0.4, 0.5) is 4.79 Å². The number of rotatable bonds is 9. The van der Waals surface area contributed by atoms with Gasteiger partial charge >= 0.3 is 0 Å². The Balaban J connectivity index is 1.34. The molecule has 4 amide bonds. The number of imide groups is 1. The van der Waals surface area contributed by atoms with E-state index < -0.39 is 6.04 Å². The van der Waals surface area contributed by atoms with Crippen molar-refractivity contribution in [3.63, 3.8) is 0 Å². The van der Waals surface area contributed by atoms with Crippen LogP contribution in [0.15, 0.2) is 95.9 Å². The molecular weight excluding hydrogens is 474 g/mol. The lowest BCUT2D eigenvalue weighted by Gasteiger charge is -2.20. The molecule has 36 heavy (non-hydrogen) atoms. The fourth-order valence-electron chi connectivity index (χ4n) is 3.73. The largest absolute Gasteiger partial charge is 0.354 e. The molecular formula is C28H25N3O4S. The lowest BCUT2D eigenvalue weighted by atomic mass is 10.0. The second kappa shape index (κ2) is 12.0. The Bertz CT molecular complexity index is 1260. The van der Waals surface area contributed by atoms with Gasteiger partial charge in [-0.05, 0) is 41.1 Å². The maximum absolute atomic E-state index is 12.7. The van der Waals surface area contributed by atoms with E-state index in [9.17, 15) is 19.2 Å². The average Bonchev–Trinajstić information content (AvgIpc) is 3.17. The summed E-state index contributed by atoms with van der Waals surface area (Å²) < 4.78 is 0. The topological polar surface area (TPSA) is 95.6 Å². The van der Waals surface area contributed by atoms with Crippen LogP contribution in [-0.4, -0.2) is 41.0 Å². The Kier molecular flexibility index (Phi) is 8.31. The summed E-state index contributed by atoms with van der Waals surface area (Å²) in [5.41, 5.74) is 2.14. The van der Waals surface area contributed by atoms with Crippen molar-refractivity contribution in [3.05, 3.63) is 113 Å². The van der Waals surface area contributed by atoms with Gasteiger partial charge in [-0.2, -0.15) is 0 Å². The zero-order valence-electron chi connectivity index (χ0n) is 19.4. The Labute approximate surface area is 213 Å². The Morgan fingerprint density at radius 1 is 0.861 bits per heavy atom. The lowest BCUT2D eigenvalue weighted by molar-refractivity contribution is -0.124. The first-order valence-electron chi connectivity index (χ1n) is 11.5. The van der Waals surface area contributed by atoms with Crippen molar-refractivity contribution >= 4 is 40.8 Å². The zero-order chi connectivity index (χ0) is 25.3. The van der Waals surface area contributed by atoms with E-state index >= 15 is 0 Å². The Hall–Kier alpha value is -4.17. The molecule has 4 rings (SSSR count). The number of amides is 4. The Morgan fingerprint density at radius 2 is 1.47 bits per heavy atom. The molecule has 8 heteroatoms. The van der Waals surface area contributed by atoms with Crippen molar-refractivity contribution < 1.29 is 19.2 Å². The summed E-state index contributed by atoms with van der Waals surface area (Å²) in [6.45, 7) is 0.179. The van der Waals surface area contributed by atoms with Crippen LogP contribution >= 0.6 is 11.8 Å². The minimum atomic E-state index is -0.537. The number of hydrogen-bond donors (Lipinski definition) is 2. The number of carbonyl (C=O) groups is 4. The average molecular weight is 500 g/mol.